The zero-order valence-corrected chi connectivity index (χ0v) is 12.1. The molecule has 1 N–H and O–H groups in total. The molecule has 1 unspecified atom stereocenters. The quantitative estimate of drug-likeness (QED) is 0.687. The van der Waals surface area contributed by atoms with Crippen LogP contribution in [-0.2, 0) is 13.0 Å². The van der Waals surface area contributed by atoms with E-state index in [4.69, 9.17) is 24.8 Å². The van der Waals surface area contributed by atoms with E-state index in [1.165, 1.54) is 0 Å². The van der Waals surface area contributed by atoms with E-state index >= 15 is 0 Å². The van der Waals surface area contributed by atoms with E-state index in [1.807, 2.05) is 36.7 Å². The third-order valence-corrected chi connectivity index (χ3v) is 3.12. The molecule has 0 saturated heterocycles. The van der Waals surface area contributed by atoms with Crippen LogP contribution in [0.2, 0.25) is 0 Å². The van der Waals surface area contributed by atoms with Crippen LogP contribution in [0, 0.1) is 10.1 Å². The third kappa shape index (κ3) is 4.11. The van der Waals surface area contributed by atoms with Crippen molar-refractivity contribution in [1.29, 1.82) is 0 Å². The van der Waals surface area contributed by atoms with Gasteiger partial charge in [0.25, 0.3) is 5.09 Å². The summed E-state index contributed by atoms with van der Waals surface area (Å²) in [6, 6.07) is 7.77. The normalized spacial score (nSPS) is 15.6. The number of benzene rings is 1. The first-order valence-electron chi connectivity index (χ1n) is 6.82. The Labute approximate surface area is 127 Å². The van der Waals surface area contributed by atoms with Gasteiger partial charge in [0, 0.05) is 25.4 Å². The lowest BCUT2D eigenvalue weighted by molar-refractivity contribution is -0.742. The van der Waals surface area contributed by atoms with Crippen LogP contribution in [0.15, 0.2) is 36.7 Å². The number of ether oxygens (including phenoxy) is 2. The summed E-state index contributed by atoms with van der Waals surface area (Å²) >= 11 is 0. The minimum Gasteiger partial charge on any atom is -0.486 e. The molecule has 3 rings (SSSR count). The molecule has 1 aromatic carbocycles. The molecular formula is C14H17N3O5. The zero-order valence-electron chi connectivity index (χ0n) is 12.1. The van der Waals surface area contributed by atoms with Crippen molar-refractivity contribution in [3.8, 4) is 11.5 Å². The lowest BCUT2D eigenvalue weighted by Crippen LogP contribution is -2.32. The number of hydrogen-bond donors (Lipinski definition) is 1. The Morgan fingerprint density at radius 2 is 2.14 bits per heavy atom. The van der Waals surface area contributed by atoms with Gasteiger partial charge in [-0.05, 0) is 19.1 Å². The molecule has 0 bridgehead atoms. The Morgan fingerprint density at radius 1 is 1.45 bits per heavy atom. The summed E-state index contributed by atoms with van der Waals surface area (Å²) < 4.78 is 13.8. The second kappa shape index (κ2) is 7.30. The largest absolute Gasteiger partial charge is 0.486 e. The van der Waals surface area contributed by atoms with E-state index in [0.717, 1.165) is 30.3 Å². The predicted molar refractivity (Wildman–Crippen MR) is 76.7 cm³/mol. The lowest BCUT2D eigenvalue weighted by atomic mass is 10.2. The van der Waals surface area contributed by atoms with Gasteiger partial charge in [0.1, 0.15) is 18.5 Å². The highest BCUT2D eigenvalue weighted by molar-refractivity contribution is 5.40. The summed E-state index contributed by atoms with van der Waals surface area (Å²) in [5.41, 5.74) is 0. The van der Waals surface area contributed by atoms with E-state index in [1.54, 1.807) is 0 Å². The van der Waals surface area contributed by atoms with Gasteiger partial charge in [-0.3, -0.25) is 0 Å². The number of fused-ring (bicyclic) bond motifs is 1. The molecular weight excluding hydrogens is 290 g/mol. The molecule has 118 valence electrons. The second-order valence-electron chi connectivity index (χ2n) is 4.57. The smallest absolute Gasteiger partial charge is 0.291 e. The van der Waals surface area contributed by atoms with Gasteiger partial charge < -0.3 is 19.2 Å². The zero-order chi connectivity index (χ0) is 15.9. The number of imidazole rings is 1. The minimum absolute atomic E-state index is 0.0348. The molecule has 0 amide bonds. The summed E-state index contributed by atoms with van der Waals surface area (Å²) in [6.45, 7) is 3.62. The summed E-state index contributed by atoms with van der Waals surface area (Å²) in [6.07, 6.45) is 4.63. The van der Waals surface area contributed by atoms with Gasteiger partial charge >= 0.3 is 0 Å². The molecule has 0 fully saturated rings. The summed E-state index contributed by atoms with van der Waals surface area (Å²) in [4.78, 5) is 12.7. The summed E-state index contributed by atoms with van der Waals surface area (Å²) in [7, 11) is 0. The molecule has 0 radical (unpaired) electrons. The first-order chi connectivity index (χ1) is 10.6. The number of aryl methyl sites for hydroxylation is 1. The Kier molecular flexibility index (Phi) is 5.18. The highest BCUT2D eigenvalue weighted by Crippen LogP contribution is 2.31. The second-order valence-corrected chi connectivity index (χ2v) is 4.57. The van der Waals surface area contributed by atoms with Crippen LogP contribution in [0.5, 0.6) is 11.5 Å². The molecule has 8 nitrogen and oxygen atoms in total. The van der Waals surface area contributed by atoms with Crippen molar-refractivity contribution in [2.75, 3.05) is 6.61 Å². The maximum atomic E-state index is 8.36. The van der Waals surface area contributed by atoms with Crippen LogP contribution < -0.4 is 9.47 Å². The van der Waals surface area contributed by atoms with E-state index in [2.05, 4.69) is 16.5 Å². The molecule has 1 aromatic heterocycles. The average molecular weight is 307 g/mol. The number of hydrogen-bond acceptors (Lipinski definition) is 5. The SMILES string of the molecule is CCn1ccnc1CC1COc2ccccc2O1.O=[N+]([O-])O. The van der Waals surface area contributed by atoms with Gasteiger partial charge in [-0.2, -0.15) is 0 Å². The first kappa shape index (κ1) is 15.6. The Bertz CT molecular complexity index is 624. The van der Waals surface area contributed by atoms with Crippen molar-refractivity contribution in [3.63, 3.8) is 0 Å². The van der Waals surface area contributed by atoms with Gasteiger partial charge in [-0.1, -0.05) is 12.1 Å². The van der Waals surface area contributed by atoms with Crippen molar-refractivity contribution in [2.24, 2.45) is 0 Å². The van der Waals surface area contributed by atoms with Crippen LogP contribution in [0.4, 0.5) is 0 Å². The van der Waals surface area contributed by atoms with Gasteiger partial charge in [0.15, 0.2) is 11.5 Å². The van der Waals surface area contributed by atoms with Crippen LogP contribution in [0.25, 0.3) is 0 Å². The summed E-state index contributed by atoms with van der Waals surface area (Å²) in [5.74, 6) is 2.70. The lowest BCUT2D eigenvalue weighted by Gasteiger charge is -2.26. The molecule has 1 atom stereocenters. The molecule has 2 aromatic rings. The van der Waals surface area contributed by atoms with E-state index in [0.29, 0.717) is 6.61 Å². The fraction of sp³-hybridized carbons (Fsp3) is 0.357. The van der Waals surface area contributed by atoms with Crippen LogP contribution >= 0.6 is 0 Å². The summed E-state index contributed by atoms with van der Waals surface area (Å²) in [5, 5.41) is 13.6. The molecule has 22 heavy (non-hydrogen) atoms. The molecule has 2 heterocycles. The van der Waals surface area contributed by atoms with Gasteiger partial charge in [-0.15, -0.1) is 10.1 Å². The van der Waals surface area contributed by atoms with E-state index < -0.39 is 5.09 Å². The maximum absolute atomic E-state index is 8.36. The monoisotopic (exact) mass is 307 g/mol. The van der Waals surface area contributed by atoms with Crippen LogP contribution in [0.1, 0.15) is 12.7 Å². The highest BCUT2D eigenvalue weighted by atomic mass is 16.9. The molecule has 8 heteroatoms. The molecule has 1 aliphatic rings. The average Bonchev–Trinajstić information content (AvgIpc) is 2.94. The standard InChI is InChI=1S/C14H16N2O2.HNO3/c1-2-16-8-7-15-14(16)9-11-10-17-12-5-3-4-6-13(12)18-11;2-1(3)4/h3-8,11H,2,9-10H2,1H3;(H,2,3,4). The minimum atomic E-state index is -1.50. The van der Waals surface area contributed by atoms with Crippen molar-refractivity contribution < 1.29 is 19.8 Å². The van der Waals surface area contributed by atoms with Gasteiger partial charge in [0.2, 0.25) is 0 Å². The fourth-order valence-corrected chi connectivity index (χ4v) is 2.19. The van der Waals surface area contributed by atoms with E-state index in [-0.39, 0.29) is 6.10 Å². The van der Waals surface area contributed by atoms with Gasteiger partial charge in [-0.25, -0.2) is 4.98 Å². The third-order valence-electron chi connectivity index (χ3n) is 3.12. The number of para-hydroxylation sites is 2. The number of aromatic nitrogens is 2. The number of nitrogens with zero attached hydrogens (tertiary/aromatic N) is 3. The topological polar surface area (TPSA) is 99.7 Å². The maximum Gasteiger partial charge on any atom is 0.291 e. The Balaban J connectivity index is 0.000000396. The molecule has 0 aliphatic carbocycles. The fourth-order valence-electron chi connectivity index (χ4n) is 2.19. The first-order valence-corrected chi connectivity index (χ1v) is 6.82. The Morgan fingerprint density at radius 3 is 2.82 bits per heavy atom. The molecule has 0 saturated carbocycles. The Hall–Kier alpha value is -2.77. The van der Waals surface area contributed by atoms with Crippen molar-refractivity contribution in [3.05, 3.63) is 52.6 Å². The van der Waals surface area contributed by atoms with Crippen molar-refractivity contribution in [1.82, 2.24) is 9.55 Å². The van der Waals surface area contributed by atoms with Crippen molar-refractivity contribution in [2.45, 2.75) is 26.0 Å². The van der Waals surface area contributed by atoms with E-state index in [9.17, 15) is 0 Å². The molecule has 0 spiro atoms. The highest BCUT2D eigenvalue weighted by Gasteiger charge is 2.22. The number of rotatable bonds is 3. The van der Waals surface area contributed by atoms with Crippen LogP contribution in [0.3, 0.4) is 0 Å². The van der Waals surface area contributed by atoms with Gasteiger partial charge in [0.05, 0.1) is 0 Å². The van der Waals surface area contributed by atoms with Crippen molar-refractivity contribution >= 4 is 0 Å². The van der Waals surface area contributed by atoms with Crippen LogP contribution in [-0.4, -0.2) is 32.6 Å². The predicted octanol–water partition coefficient (Wildman–Crippen LogP) is 1.94. The molecule has 1 aliphatic heterocycles.